The molecule has 128 valence electrons. The summed E-state index contributed by atoms with van der Waals surface area (Å²) in [6.45, 7) is 5.04. The Balaban J connectivity index is 0.00000441. The topological polar surface area (TPSA) is 97.5 Å². The molecule has 0 radical (unpaired) electrons. The van der Waals surface area contributed by atoms with Gasteiger partial charge in [0, 0.05) is 25.9 Å². The van der Waals surface area contributed by atoms with E-state index in [1.807, 2.05) is 0 Å². The molecule has 2 N–H and O–H groups in total. The summed E-state index contributed by atoms with van der Waals surface area (Å²) >= 11 is 0. The summed E-state index contributed by atoms with van der Waals surface area (Å²) in [6, 6.07) is 2.59. The van der Waals surface area contributed by atoms with Crippen molar-refractivity contribution in [1.29, 1.82) is 0 Å². The molecule has 0 saturated heterocycles. The van der Waals surface area contributed by atoms with E-state index in [0.29, 0.717) is 5.56 Å². The molecular formula is C13H23ClN2O4S2. The Bertz CT molecular complexity index is 746. The molecule has 1 rings (SSSR count). The maximum atomic E-state index is 12.7. The number of sulfone groups is 1. The Labute approximate surface area is 139 Å². The number of nitrogens with zero attached hydrogens (tertiary/aromatic N) is 1. The maximum absolute atomic E-state index is 12.7. The van der Waals surface area contributed by atoms with Gasteiger partial charge in [0.2, 0.25) is 10.0 Å². The summed E-state index contributed by atoms with van der Waals surface area (Å²) in [4.78, 5) is 0.0422. The molecule has 0 heterocycles. The Kier molecular flexibility index (Phi) is 7.05. The Morgan fingerprint density at radius 1 is 1.14 bits per heavy atom. The van der Waals surface area contributed by atoms with E-state index in [9.17, 15) is 16.8 Å². The Morgan fingerprint density at radius 3 is 2.00 bits per heavy atom. The predicted molar refractivity (Wildman–Crippen MR) is 89.7 cm³/mol. The van der Waals surface area contributed by atoms with Crippen LogP contribution in [0.3, 0.4) is 0 Å². The van der Waals surface area contributed by atoms with E-state index in [1.54, 1.807) is 13.8 Å². The molecule has 1 aromatic rings. The van der Waals surface area contributed by atoms with Crippen molar-refractivity contribution in [3.63, 3.8) is 0 Å². The van der Waals surface area contributed by atoms with Crippen LogP contribution < -0.4 is 5.73 Å². The third-order valence-corrected chi connectivity index (χ3v) is 6.80. The van der Waals surface area contributed by atoms with Crippen LogP contribution in [0.4, 0.5) is 0 Å². The van der Waals surface area contributed by atoms with Crippen LogP contribution in [0.2, 0.25) is 0 Å². The first-order chi connectivity index (χ1) is 9.42. The van der Waals surface area contributed by atoms with Gasteiger partial charge in [0.1, 0.15) is 0 Å². The summed E-state index contributed by atoms with van der Waals surface area (Å²) < 4.78 is 50.1. The van der Waals surface area contributed by atoms with Gasteiger partial charge in [-0.15, -0.1) is 12.4 Å². The van der Waals surface area contributed by atoms with Crippen molar-refractivity contribution < 1.29 is 16.8 Å². The van der Waals surface area contributed by atoms with Crippen molar-refractivity contribution in [1.82, 2.24) is 4.31 Å². The van der Waals surface area contributed by atoms with Gasteiger partial charge in [-0.3, -0.25) is 0 Å². The second-order valence-electron chi connectivity index (χ2n) is 5.26. The third-order valence-electron chi connectivity index (χ3n) is 3.48. The van der Waals surface area contributed by atoms with Crippen LogP contribution in [0.25, 0.3) is 0 Å². The average Bonchev–Trinajstić information content (AvgIpc) is 2.37. The highest BCUT2D eigenvalue weighted by molar-refractivity contribution is 7.91. The van der Waals surface area contributed by atoms with E-state index in [1.165, 1.54) is 30.4 Å². The van der Waals surface area contributed by atoms with Crippen molar-refractivity contribution >= 4 is 32.3 Å². The first-order valence-electron chi connectivity index (χ1n) is 6.42. The van der Waals surface area contributed by atoms with Crippen molar-refractivity contribution in [3.05, 3.63) is 23.3 Å². The maximum Gasteiger partial charge on any atom is 0.243 e. The van der Waals surface area contributed by atoms with Crippen molar-refractivity contribution in [3.8, 4) is 0 Å². The first-order valence-corrected chi connectivity index (χ1v) is 9.75. The molecule has 0 saturated carbocycles. The van der Waals surface area contributed by atoms with Crippen LogP contribution in [0.15, 0.2) is 21.9 Å². The van der Waals surface area contributed by atoms with E-state index >= 15 is 0 Å². The zero-order chi connectivity index (χ0) is 16.6. The van der Waals surface area contributed by atoms with Gasteiger partial charge < -0.3 is 5.73 Å². The normalized spacial score (nSPS) is 13.8. The Hall–Kier alpha value is -0.670. The van der Waals surface area contributed by atoms with E-state index in [0.717, 1.165) is 6.26 Å². The monoisotopic (exact) mass is 370 g/mol. The molecule has 1 aromatic carbocycles. The second-order valence-corrected chi connectivity index (χ2v) is 9.21. The van der Waals surface area contributed by atoms with Gasteiger partial charge in [-0.05, 0) is 44.0 Å². The number of sulfonamides is 1. The largest absolute Gasteiger partial charge is 0.329 e. The zero-order valence-corrected chi connectivity index (χ0v) is 15.8. The smallest absolute Gasteiger partial charge is 0.243 e. The molecule has 0 amide bonds. The van der Waals surface area contributed by atoms with Crippen LogP contribution >= 0.6 is 12.4 Å². The molecule has 1 unspecified atom stereocenters. The molecule has 0 fully saturated rings. The highest BCUT2D eigenvalue weighted by atomic mass is 35.5. The first kappa shape index (κ1) is 21.3. The van der Waals surface area contributed by atoms with E-state index in [4.69, 9.17) is 5.73 Å². The standard InChI is InChI=1S/C13H22N2O4S2.ClH/c1-9-6-12(20(5,16)17)11(3)13(7-9)21(18,19)15(4)10(2)8-14;/h6-7,10H,8,14H2,1-5H3;1H. The fourth-order valence-electron chi connectivity index (χ4n) is 1.99. The van der Waals surface area contributed by atoms with Crippen LogP contribution in [-0.4, -0.2) is 47.0 Å². The van der Waals surface area contributed by atoms with Crippen LogP contribution in [0.1, 0.15) is 18.1 Å². The number of hydrogen-bond acceptors (Lipinski definition) is 5. The molecule has 0 aliphatic heterocycles. The van der Waals surface area contributed by atoms with Gasteiger partial charge >= 0.3 is 0 Å². The minimum atomic E-state index is -3.80. The summed E-state index contributed by atoms with van der Waals surface area (Å²) in [7, 11) is -5.86. The molecular weight excluding hydrogens is 348 g/mol. The van der Waals surface area contributed by atoms with E-state index in [-0.39, 0.29) is 40.3 Å². The summed E-state index contributed by atoms with van der Waals surface area (Å²) in [5, 5.41) is 0. The minimum Gasteiger partial charge on any atom is -0.329 e. The summed E-state index contributed by atoms with van der Waals surface area (Å²) in [5.74, 6) is 0. The number of nitrogens with two attached hydrogens (primary N) is 1. The fraction of sp³-hybridized carbons (Fsp3) is 0.538. The molecule has 1 atom stereocenters. The van der Waals surface area contributed by atoms with Crippen molar-refractivity contribution in [2.45, 2.75) is 36.6 Å². The minimum absolute atomic E-state index is 0. The molecule has 0 spiro atoms. The highest BCUT2D eigenvalue weighted by Crippen LogP contribution is 2.27. The highest BCUT2D eigenvalue weighted by Gasteiger charge is 2.28. The summed E-state index contributed by atoms with van der Waals surface area (Å²) in [5.41, 5.74) is 6.33. The quantitative estimate of drug-likeness (QED) is 0.836. The van der Waals surface area contributed by atoms with Crippen LogP contribution in [0, 0.1) is 13.8 Å². The molecule has 0 aliphatic rings. The molecule has 6 nitrogen and oxygen atoms in total. The van der Waals surface area contributed by atoms with Gasteiger partial charge in [-0.2, -0.15) is 4.31 Å². The van der Waals surface area contributed by atoms with Gasteiger partial charge in [0.15, 0.2) is 9.84 Å². The SMILES string of the molecule is Cc1cc(S(C)(=O)=O)c(C)c(S(=O)(=O)N(C)C(C)CN)c1.Cl. The lowest BCUT2D eigenvalue weighted by Crippen LogP contribution is -2.40. The van der Waals surface area contributed by atoms with Gasteiger partial charge in [0.05, 0.1) is 9.79 Å². The molecule has 9 heteroatoms. The lowest BCUT2D eigenvalue weighted by atomic mass is 10.2. The van der Waals surface area contributed by atoms with E-state index in [2.05, 4.69) is 0 Å². The predicted octanol–water partition coefficient (Wildman–Crippen LogP) is 1.10. The molecule has 0 bridgehead atoms. The van der Waals surface area contributed by atoms with Crippen LogP contribution in [0.5, 0.6) is 0 Å². The van der Waals surface area contributed by atoms with Gasteiger partial charge in [-0.25, -0.2) is 16.8 Å². The molecule has 0 aromatic heterocycles. The van der Waals surface area contributed by atoms with Gasteiger partial charge in [-0.1, -0.05) is 0 Å². The number of likely N-dealkylation sites (N-methyl/N-ethyl adjacent to an activating group) is 1. The second kappa shape index (κ2) is 7.27. The van der Waals surface area contributed by atoms with E-state index < -0.39 is 19.9 Å². The average molecular weight is 371 g/mol. The lowest BCUT2D eigenvalue weighted by molar-refractivity contribution is 0.394. The van der Waals surface area contributed by atoms with Crippen molar-refractivity contribution in [2.75, 3.05) is 19.8 Å². The zero-order valence-electron chi connectivity index (χ0n) is 13.3. The van der Waals surface area contributed by atoms with Gasteiger partial charge in [0.25, 0.3) is 0 Å². The number of benzene rings is 1. The Morgan fingerprint density at radius 2 is 1.59 bits per heavy atom. The molecule has 22 heavy (non-hydrogen) atoms. The van der Waals surface area contributed by atoms with Crippen LogP contribution in [-0.2, 0) is 19.9 Å². The number of hydrogen-bond donors (Lipinski definition) is 1. The number of halogens is 1. The van der Waals surface area contributed by atoms with Crippen molar-refractivity contribution in [2.24, 2.45) is 5.73 Å². The molecule has 0 aliphatic carbocycles. The summed E-state index contributed by atoms with van der Waals surface area (Å²) in [6.07, 6.45) is 1.07. The third kappa shape index (κ3) is 4.20. The fourth-order valence-corrected chi connectivity index (χ4v) is 4.82. The number of aryl methyl sites for hydroxylation is 1. The number of rotatable bonds is 5. The lowest BCUT2D eigenvalue weighted by Gasteiger charge is -2.24.